The Morgan fingerprint density at radius 2 is 2.32 bits per heavy atom. The van der Waals surface area contributed by atoms with E-state index in [1.54, 1.807) is 12.1 Å². The van der Waals surface area contributed by atoms with Crippen LogP contribution in [0.2, 0.25) is 0 Å². The number of amides is 1. The van der Waals surface area contributed by atoms with Crippen molar-refractivity contribution in [2.75, 3.05) is 0 Å². The van der Waals surface area contributed by atoms with Gasteiger partial charge in [0, 0.05) is 6.92 Å². The Bertz CT molecular complexity index is 618. The van der Waals surface area contributed by atoms with Crippen molar-refractivity contribution in [1.29, 1.82) is 0 Å². The molecule has 100 valence electrons. The number of aromatic nitrogens is 3. The molecule has 1 amide bonds. The van der Waals surface area contributed by atoms with Gasteiger partial charge in [0.25, 0.3) is 5.56 Å². The van der Waals surface area contributed by atoms with Crippen LogP contribution in [0.3, 0.4) is 0 Å². The van der Waals surface area contributed by atoms with Gasteiger partial charge in [-0.3, -0.25) is 9.59 Å². The summed E-state index contributed by atoms with van der Waals surface area (Å²) in [7, 11) is 0. The zero-order valence-electron chi connectivity index (χ0n) is 10.6. The highest BCUT2D eigenvalue weighted by Crippen LogP contribution is 2.14. The summed E-state index contributed by atoms with van der Waals surface area (Å²) in [6, 6.07) is 2.92. The van der Waals surface area contributed by atoms with Crippen molar-refractivity contribution in [3.8, 4) is 11.6 Å². The first kappa shape index (κ1) is 13.0. The van der Waals surface area contributed by atoms with Crippen molar-refractivity contribution in [2.45, 2.75) is 26.3 Å². The number of nitrogens with one attached hydrogen (secondary N) is 2. The molecule has 0 fully saturated rings. The molecule has 0 aliphatic rings. The lowest BCUT2D eigenvalue weighted by Gasteiger charge is -2.13. The van der Waals surface area contributed by atoms with E-state index in [2.05, 4.69) is 20.5 Å². The Morgan fingerprint density at radius 3 is 2.84 bits per heavy atom. The van der Waals surface area contributed by atoms with Crippen LogP contribution in [-0.4, -0.2) is 21.1 Å². The summed E-state index contributed by atoms with van der Waals surface area (Å²) in [5, 5.41) is 10.5. The van der Waals surface area contributed by atoms with Crippen molar-refractivity contribution >= 4 is 5.91 Å². The summed E-state index contributed by atoms with van der Waals surface area (Å²) in [4.78, 5) is 25.6. The van der Waals surface area contributed by atoms with Gasteiger partial charge in [-0.05, 0) is 18.6 Å². The highest BCUT2D eigenvalue weighted by molar-refractivity contribution is 5.73. The summed E-state index contributed by atoms with van der Waals surface area (Å²) < 4.78 is 5.12. The van der Waals surface area contributed by atoms with Crippen LogP contribution in [0.25, 0.3) is 11.6 Å². The Balaban J connectivity index is 2.33. The number of furan rings is 1. The van der Waals surface area contributed by atoms with Crippen LogP contribution in [-0.2, 0) is 4.79 Å². The molecule has 0 spiro atoms. The van der Waals surface area contributed by atoms with E-state index in [0.29, 0.717) is 12.2 Å². The summed E-state index contributed by atoms with van der Waals surface area (Å²) in [6.45, 7) is 3.24. The van der Waals surface area contributed by atoms with E-state index in [1.165, 1.54) is 13.2 Å². The molecule has 2 aromatic heterocycles. The average molecular weight is 262 g/mol. The predicted molar refractivity (Wildman–Crippen MR) is 67.2 cm³/mol. The Morgan fingerprint density at radius 1 is 1.53 bits per heavy atom. The second-order valence-corrected chi connectivity index (χ2v) is 4.03. The van der Waals surface area contributed by atoms with E-state index < -0.39 is 6.04 Å². The predicted octanol–water partition coefficient (Wildman–Crippen LogP) is 1.01. The number of aromatic amines is 1. The summed E-state index contributed by atoms with van der Waals surface area (Å²) in [6.07, 6.45) is 2.03. The first-order chi connectivity index (χ1) is 9.11. The molecule has 7 heteroatoms. The Kier molecular flexibility index (Phi) is 3.74. The van der Waals surface area contributed by atoms with Gasteiger partial charge in [0.2, 0.25) is 5.91 Å². The molecule has 0 aliphatic carbocycles. The number of rotatable bonds is 4. The number of nitrogens with zero attached hydrogens (tertiary/aromatic N) is 2. The second-order valence-electron chi connectivity index (χ2n) is 4.03. The number of hydrogen-bond acceptors (Lipinski definition) is 5. The van der Waals surface area contributed by atoms with Crippen LogP contribution in [0.4, 0.5) is 0 Å². The van der Waals surface area contributed by atoms with E-state index >= 15 is 0 Å². The monoisotopic (exact) mass is 262 g/mol. The minimum atomic E-state index is -0.445. The van der Waals surface area contributed by atoms with Gasteiger partial charge in [0.1, 0.15) is 0 Å². The Hall–Kier alpha value is -2.44. The fourth-order valence-corrected chi connectivity index (χ4v) is 1.71. The largest absolute Gasteiger partial charge is 0.461 e. The average Bonchev–Trinajstić information content (AvgIpc) is 2.89. The number of H-pyrrole nitrogens is 1. The quantitative estimate of drug-likeness (QED) is 0.856. The molecule has 7 nitrogen and oxygen atoms in total. The molecule has 1 unspecified atom stereocenters. The highest BCUT2D eigenvalue weighted by atomic mass is 16.3. The van der Waals surface area contributed by atoms with Gasteiger partial charge in [-0.15, -0.1) is 10.2 Å². The molecule has 0 aliphatic heterocycles. The lowest BCUT2D eigenvalue weighted by molar-refractivity contribution is -0.119. The second kappa shape index (κ2) is 5.47. The molecule has 0 bridgehead atoms. The van der Waals surface area contributed by atoms with Gasteiger partial charge in [-0.2, -0.15) is 0 Å². The molecular weight excluding hydrogens is 248 g/mol. The molecule has 1 atom stereocenters. The normalized spacial score (nSPS) is 12.1. The Labute approximate surface area is 109 Å². The summed E-state index contributed by atoms with van der Waals surface area (Å²) in [5.74, 6) is 0.475. The minimum Gasteiger partial charge on any atom is -0.461 e. The molecule has 19 heavy (non-hydrogen) atoms. The van der Waals surface area contributed by atoms with Gasteiger partial charge in [0.05, 0.1) is 12.3 Å². The topological polar surface area (TPSA) is 101 Å². The number of hydrogen-bond donors (Lipinski definition) is 2. The number of carbonyl (C=O) groups excluding carboxylic acids is 1. The summed E-state index contributed by atoms with van der Waals surface area (Å²) in [5.41, 5.74) is -0.199. The maximum absolute atomic E-state index is 12.0. The van der Waals surface area contributed by atoms with Gasteiger partial charge in [0.15, 0.2) is 17.3 Å². The maximum Gasteiger partial charge on any atom is 0.275 e. The standard InChI is InChI=1S/C12H14N4O3/c1-3-8(13-7(2)17)10-12(18)14-11(16-15-10)9-5-4-6-19-9/h4-6,8H,3H2,1-2H3,(H,13,17)(H,14,16,18). The molecule has 0 saturated heterocycles. The van der Waals surface area contributed by atoms with E-state index in [4.69, 9.17) is 4.42 Å². The molecule has 2 N–H and O–H groups in total. The van der Waals surface area contributed by atoms with E-state index in [1.807, 2.05) is 6.92 Å². The third kappa shape index (κ3) is 2.87. The van der Waals surface area contributed by atoms with Gasteiger partial charge >= 0.3 is 0 Å². The van der Waals surface area contributed by atoms with Gasteiger partial charge < -0.3 is 14.7 Å². The van der Waals surface area contributed by atoms with E-state index in [9.17, 15) is 9.59 Å². The fraction of sp³-hybridized carbons (Fsp3) is 0.333. The van der Waals surface area contributed by atoms with Crippen molar-refractivity contribution in [3.63, 3.8) is 0 Å². The smallest absolute Gasteiger partial charge is 0.275 e. The van der Waals surface area contributed by atoms with Crippen molar-refractivity contribution in [2.24, 2.45) is 0 Å². The molecule has 0 radical (unpaired) electrons. The van der Waals surface area contributed by atoms with Crippen LogP contribution < -0.4 is 10.9 Å². The number of carbonyl (C=O) groups is 1. The SMILES string of the molecule is CCC(NC(C)=O)c1nnc(-c2ccco2)[nH]c1=O. The first-order valence-corrected chi connectivity index (χ1v) is 5.89. The molecular formula is C12H14N4O3. The minimum absolute atomic E-state index is 0.188. The van der Waals surface area contributed by atoms with E-state index in [0.717, 1.165) is 0 Å². The van der Waals surface area contributed by atoms with Crippen LogP contribution in [0, 0.1) is 0 Å². The first-order valence-electron chi connectivity index (χ1n) is 5.89. The molecule has 0 saturated carbocycles. The van der Waals surface area contributed by atoms with Crippen LogP contribution >= 0.6 is 0 Å². The lowest BCUT2D eigenvalue weighted by Crippen LogP contribution is -2.32. The van der Waals surface area contributed by atoms with Gasteiger partial charge in [-0.25, -0.2) is 0 Å². The zero-order chi connectivity index (χ0) is 13.8. The summed E-state index contributed by atoms with van der Waals surface area (Å²) >= 11 is 0. The lowest BCUT2D eigenvalue weighted by atomic mass is 10.1. The van der Waals surface area contributed by atoms with E-state index in [-0.39, 0.29) is 23.0 Å². The van der Waals surface area contributed by atoms with Gasteiger partial charge in [-0.1, -0.05) is 6.92 Å². The fourth-order valence-electron chi connectivity index (χ4n) is 1.71. The third-order valence-corrected chi connectivity index (χ3v) is 2.59. The molecule has 2 rings (SSSR count). The molecule has 2 heterocycles. The maximum atomic E-state index is 12.0. The van der Waals surface area contributed by atoms with Crippen molar-refractivity contribution < 1.29 is 9.21 Å². The molecule has 0 aromatic carbocycles. The highest BCUT2D eigenvalue weighted by Gasteiger charge is 2.17. The van der Waals surface area contributed by atoms with Crippen molar-refractivity contribution in [3.05, 3.63) is 34.4 Å². The van der Waals surface area contributed by atoms with Crippen LogP contribution in [0.5, 0.6) is 0 Å². The van der Waals surface area contributed by atoms with Crippen LogP contribution in [0.1, 0.15) is 32.0 Å². The third-order valence-electron chi connectivity index (χ3n) is 2.59. The zero-order valence-corrected chi connectivity index (χ0v) is 10.6. The van der Waals surface area contributed by atoms with Crippen LogP contribution in [0.15, 0.2) is 27.6 Å². The van der Waals surface area contributed by atoms with Crippen molar-refractivity contribution in [1.82, 2.24) is 20.5 Å². The molecule has 2 aromatic rings.